The summed E-state index contributed by atoms with van der Waals surface area (Å²) >= 11 is 1.62. The quantitative estimate of drug-likeness (QED) is 0.812. The van der Waals surface area contributed by atoms with Gasteiger partial charge >= 0.3 is 6.09 Å². The molecule has 72 valence electrons. The van der Waals surface area contributed by atoms with Gasteiger partial charge in [-0.25, -0.2) is 4.79 Å². The Morgan fingerprint density at radius 1 is 1.77 bits per heavy atom. The summed E-state index contributed by atoms with van der Waals surface area (Å²) in [7, 11) is 0. The van der Waals surface area contributed by atoms with Crippen LogP contribution in [0.3, 0.4) is 0 Å². The van der Waals surface area contributed by atoms with Crippen molar-refractivity contribution < 1.29 is 9.53 Å². The number of rotatable bonds is 3. The molecule has 3 nitrogen and oxygen atoms in total. The van der Waals surface area contributed by atoms with Crippen LogP contribution in [0, 0.1) is 0 Å². The molecule has 1 rings (SSSR count). The zero-order valence-corrected chi connectivity index (χ0v) is 8.56. The lowest BCUT2D eigenvalue weighted by molar-refractivity contribution is 0.149. The molecule has 0 aromatic carbocycles. The van der Waals surface area contributed by atoms with Crippen LogP contribution in [-0.2, 0) is 4.74 Å². The van der Waals surface area contributed by atoms with Crippen LogP contribution in [0.15, 0.2) is 17.5 Å². The summed E-state index contributed by atoms with van der Waals surface area (Å²) in [6.07, 6.45) is -0.358. The molecule has 4 heteroatoms. The Bertz CT molecular complexity index is 259. The third-order valence-corrected chi connectivity index (χ3v) is 2.63. The Morgan fingerprint density at radius 2 is 2.54 bits per heavy atom. The zero-order chi connectivity index (χ0) is 9.68. The van der Waals surface area contributed by atoms with E-state index in [-0.39, 0.29) is 12.1 Å². The Hall–Kier alpha value is -1.03. The molecule has 1 unspecified atom stereocenters. The topological polar surface area (TPSA) is 38.3 Å². The van der Waals surface area contributed by atoms with E-state index in [2.05, 4.69) is 5.32 Å². The second kappa shape index (κ2) is 4.87. The highest BCUT2D eigenvalue weighted by atomic mass is 32.1. The molecule has 0 fully saturated rings. The molecule has 0 saturated heterocycles. The van der Waals surface area contributed by atoms with Crippen molar-refractivity contribution in [3.8, 4) is 0 Å². The predicted octanol–water partition coefficient (Wildman–Crippen LogP) is 2.56. The average Bonchev–Trinajstić information content (AvgIpc) is 2.55. The number of amides is 1. The van der Waals surface area contributed by atoms with Gasteiger partial charge in [-0.05, 0) is 25.3 Å². The van der Waals surface area contributed by atoms with Crippen molar-refractivity contribution in [3.63, 3.8) is 0 Å². The zero-order valence-electron chi connectivity index (χ0n) is 7.74. The van der Waals surface area contributed by atoms with E-state index in [4.69, 9.17) is 4.74 Å². The molecule has 13 heavy (non-hydrogen) atoms. The Balaban J connectivity index is 2.42. The first kappa shape index (κ1) is 10.1. The largest absolute Gasteiger partial charge is 0.450 e. The van der Waals surface area contributed by atoms with Crippen molar-refractivity contribution >= 4 is 17.4 Å². The number of hydrogen-bond donors (Lipinski definition) is 1. The SMILES string of the molecule is CCOC(=O)NC(C)c1cccs1. The lowest BCUT2D eigenvalue weighted by Crippen LogP contribution is -2.26. The first-order chi connectivity index (χ1) is 6.24. The van der Waals surface area contributed by atoms with Crippen LogP contribution in [0.4, 0.5) is 4.79 Å². The van der Waals surface area contributed by atoms with Crippen LogP contribution in [0.1, 0.15) is 24.8 Å². The number of carbonyl (C=O) groups excluding carboxylic acids is 1. The molecule has 0 bridgehead atoms. The molecule has 0 aliphatic rings. The fraction of sp³-hybridized carbons (Fsp3) is 0.444. The van der Waals surface area contributed by atoms with Crippen molar-refractivity contribution in [3.05, 3.63) is 22.4 Å². The van der Waals surface area contributed by atoms with Gasteiger partial charge in [0, 0.05) is 4.88 Å². The standard InChI is InChI=1S/C9H13NO2S/c1-3-12-9(11)10-7(2)8-5-4-6-13-8/h4-7H,3H2,1-2H3,(H,10,11). The van der Waals surface area contributed by atoms with Gasteiger partial charge in [0.2, 0.25) is 0 Å². The molecule has 1 aromatic heterocycles. The van der Waals surface area contributed by atoms with Crippen molar-refractivity contribution in [1.82, 2.24) is 5.32 Å². The number of ether oxygens (including phenoxy) is 1. The maximum absolute atomic E-state index is 11.0. The van der Waals surface area contributed by atoms with E-state index in [1.165, 1.54) is 0 Å². The Labute approximate surface area is 81.7 Å². The second-order valence-electron chi connectivity index (χ2n) is 2.60. The minimum atomic E-state index is -0.358. The summed E-state index contributed by atoms with van der Waals surface area (Å²) < 4.78 is 4.77. The first-order valence-electron chi connectivity index (χ1n) is 4.20. The van der Waals surface area contributed by atoms with E-state index in [0.717, 1.165) is 4.88 Å². The lowest BCUT2D eigenvalue weighted by Gasteiger charge is -2.11. The van der Waals surface area contributed by atoms with E-state index in [1.807, 2.05) is 24.4 Å². The van der Waals surface area contributed by atoms with Gasteiger partial charge in [0.25, 0.3) is 0 Å². The summed E-state index contributed by atoms with van der Waals surface area (Å²) in [6.45, 7) is 4.13. The van der Waals surface area contributed by atoms with E-state index in [1.54, 1.807) is 18.3 Å². The van der Waals surface area contributed by atoms with E-state index in [9.17, 15) is 4.79 Å². The van der Waals surface area contributed by atoms with Gasteiger partial charge in [0.1, 0.15) is 0 Å². The molecule has 1 amide bonds. The first-order valence-corrected chi connectivity index (χ1v) is 5.08. The van der Waals surface area contributed by atoms with E-state index in [0.29, 0.717) is 6.61 Å². The maximum atomic E-state index is 11.0. The van der Waals surface area contributed by atoms with Gasteiger partial charge in [0.05, 0.1) is 12.6 Å². The van der Waals surface area contributed by atoms with Gasteiger partial charge in [-0.2, -0.15) is 0 Å². The minimum absolute atomic E-state index is 0.0269. The van der Waals surface area contributed by atoms with Crippen LogP contribution in [0.2, 0.25) is 0 Å². The molecule has 0 radical (unpaired) electrons. The summed E-state index contributed by atoms with van der Waals surface area (Å²) in [5.41, 5.74) is 0. The van der Waals surface area contributed by atoms with E-state index >= 15 is 0 Å². The van der Waals surface area contributed by atoms with Gasteiger partial charge in [0.15, 0.2) is 0 Å². The summed E-state index contributed by atoms with van der Waals surface area (Å²) in [5, 5.41) is 4.72. The summed E-state index contributed by atoms with van der Waals surface area (Å²) in [5.74, 6) is 0. The Kier molecular flexibility index (Phi) is 3.76. The predicted molar refractivity (Wildman–Crippen MR) is 52.9 cm³/mol. The molecule has 0 aliphatic heterocycles. The highest BCUT2D eigenvalue weighted by Crippen LogP contribution is 2.17. The van der Waals surface area contributed by atoms with Gasteiger partial charge in [-0.15, -0.1) is 11.3 Å². The van der Waals surface area contributed by atoms with Crippen LogP contribution in [0.5, 0.6) is 0 Å². The van der Waals surface area contributed by atoms with Crippen molar-refractivity contribution in [2.24, 2.45) is 0 Å². The smallest absolute Gasteiger partial charge is 0.407 e. The number of hydrogen-bond acceptors (Lipinski definition) is 3. The van der Waals surface area contributed by atoms with Crippen molar-refractivity contribution in [1.29, 1.82) is 0 Å². The van der Waals surface area contributed by atoms with Crippen LogP contribution < -0.4 is 5.32 Å². The van der Waals surface area contributed by atoms with Crippen LogP contribution in [-0.4, -0.2) is 12.7 Å². The molecule has 0 saturated carbocycles. The highest BCUT2D eigenvalue weighted by molar-refractivity contribution is 7.10. The molecule has 1 N–H and O–H groups in total. The number of nitrogens with one attached hydrogen (secondary N) is 1. The number of thiophene rings is 1. The fourth-order valence-electron chi connectivity index (χ4n) is 0.958. The normalized spacial score (nSPS) is 12.2. The highest BCUT2D eigenvalue weighted by Gasteiger charge is 2.09. The molecular formula is C9H13NO2S. The van der Waals surface area contributed by atoms with Crippen molar-refractivity contribution in [2.45, 2.75) is 19.9 Å². The van der Waals surface area contributed by atoms with Gasteiger partial charge < -0.3 is 10.1 Å². The second-order valence-corrected chi connectivity index (χ2v) is 3.58. The van der Waals surface area contributed by atoms with Crippen LogP contribution >= 0.6 is 11.3 Å². The lowest BCUT2D eigenvalue weighted by atomic mass is 10.3. The summed E-state index contributed by atoms with van der Waals surface area (Å²) in [4.78, 5) is 12.2. The molecule has 1 heterocycles. The number of alkyl carbamates (subject to hydrolysis) is 1. The maximum Gasteiger partial charge on any atom is 0.407 e. The minimum Gasteiger partial charge on any atom is -0.450 e. The average molecular weight is 199 g/mol. The van der Waals surface area contributed by atoms with Crippen LogP contribution in [0.25, 0.3) is 0 Å². The molecule has 0 spiro atoms. The fourth-order valence-corrected chi connectivity index (χ4v) is 1.69. The van der Waals surface area contributed by atoms with Gasteiger partial charge in [-0.3, -0.25) is 0 Å². The van der Waals surface area contributed by atoms with E-state index < -0.39 is 0 Å². The molecule has 0 aliphatic carbocycles. The Morgan fingerprint density at radius 3 is 3.08 bits per heavy atom. The molecule has 1 aromatic rings. The molecule has 1 atom stereocenters. The third kappa shape index (κ3) is 3.06. The molecular weight excluding hydrogens is 186 g/mol. The third-order valence-electron chi connectivity index (χ3n) is 1.58. The summed E-state index contributed by atoms with van der Waals surface area (Å²) in [6, 6.07) is 3.98. The number of carbonyl (C=O) groups is 1. The van der Waals surface area contributed by atoms with Gasteiger partial charge in [-0.1, -0.05) is 6.07 Å². The monoisotopic (exact) mass is 199 g/mol. The van der Waals surface area contributed by atoms with Crippen molar-refractivity contribution in [2.75, 3.05) is 6.61 Å².